The molecule has 776 valence electrons. The first-order valence-corrected chi connectivity index (χ1v) is 51.2. The van der Waals surface area contributed by atoms with Crippen LogP contribution in [0.25, 0.3) is 0 Å². The van der Waals surface area contributed by atoms with Gasteiger partial charge in [-0.1, -0.05) is 208 Å². The quantitative estimate of drug-likeness (QED) is 0.0235. The summed E-state index contributed by atoms with van der Waals surface area (Å²) in [6.45, 7) is 25.0. The number of benzene rings is 7. The minimum Gasteiger partial charge on any atom is -0.508 e. The average Bonchev–Trinajstić information content (AvgIpc) is 0.829. The van der Waals surface area contributed by atoms with Crippen molar-refractivity contribution in [1.82, 2.24) is 10.3 Å². The molecule has 0 spiro atoms. The smallest absolute Gasteiger partial charge is 0.344 e. The molecule has 7 aromatic carbocycles. The molecular formula is C116H140N8O21S. The van der Waals surface area contributed by atoms with Gasteiger partial charge in [0.15, 0.2) is 0 Å². The number of rotatable bonds is 13. The van der Waals surface area contributed by atoms with Crippen LogP contribution >= 0.6 is 0 Å². The minimum absolute atomic E-state index is 0.0230. The number of fused-ring (bicyclic) bond motifs is 5. The number of aliphatic carboxylic acids is 1. The summed E-state index contributed by atoms with van der Waals surface area (Å²) in [5, 5.41) is 60.9. The van der Waals surface area contributed by atoms with E-state index < -0.39 is 33.5 Å². The molecule has 12 rings (SSSR count). The molecule has 5 unspecified atom stereocenters. The third-order valence-corrected chi connectivity index (χ3v) is 23.3. The van der Waals surface area contributed by atoms with Gasteiger partial charge in [0, 0.05) is 89.5 Å². The molecular weight excluding hydrogens is 1870 g/mol. The third kappa shape index (κ3) is 42.2. The van der Waals surface area contributed by atoms with E-state index in [2.05, 4.69) is 78.4 Å². The maximum atomic E-state index is 13.0. The number of carbonyl (C=O) groups excluding carboxylic acids is 5. The Morgan fingerprint density at radius 2 is 0.678 bits per heavy atom. The number of carbonyl (C=O) groups is 6. The highest BCUT2D eigenvalue weighted by Gasteiger charge is 2.28. The summed E-state index contributed by atoms with van der Waals surface area (Å²) in [6.07, 6.45) is 53.8. The number of carboxylic acids is 1. The zero-order valence-corrected chi connectivity index (χ0v) is 87.3. The largest absolute Gasteiger partial charge is 0.508 e. The summed E-state index contributed by atoms with van der Waals surface area (Å²) in [5.74, 6) is -3.52. The lowest BCUT2D eigenvalue weighted by Gasteiger charge is -2.17. The van der Waals surface area contributed by atoms with Crippen molar-refractivity contribution < 1.29 is 95.6 Å². The van der Waals surface area contributed by atoms with E-state index in [1.165, 1.54) is 18.2 Å². The maximum Gasteiger partial charge on any atom is 0.344 e. The number of phenols is 2. The molecule has 0 radical (unpaired) electrons. The normalized spacial score (nSPS) is 21.6. The van der Waals surface area contributed by atoms with Crippen molar-refractivity contribution in [3.63, 3.8) is 0 Å². The van der Waals surface area contributed by atoms with Crippen molar-refractivity contribution in [3.8, 4) is 11.5 Å². The average molecular weight is 2010 g/mol. The second kappa shape index (κ2) is 61.3. The summed E-state index contributed by atoms with van der Waals surface area (Å²) < 4.78 is 51.1. The van der Waals surface area contributed by atoms with Crippen LogP contribution < -0.4 is 10.3 Å². The fourth-order valence-corrected chi connectivity index (χ4v) is 16.5. The van der Waals surface area contributed by atoms with Gasteiger partial charge in [-0.05, 0) is 264 Å². The Morgan fingerprint density at radius 3 is 0.993 bits per heavy atom. The van der Waals surface area contributed by atoms with Gasteiger partial charge in [0.05, 0.1) is 62.0 Å². The van der Waals surface area contributed by atoms with E-state index in [1.54, 1.807) is 32.2 Å². The number of cyclic esters (lactones) is 5. The Bertz CT molecular complexity index is 6250. The lowest BCUT2D eigenvalue weighted by molar-refractivity contribution is -0.384. The van der Waals surface area contributed by atoms with E-state index in [-0.39, 0.29) is 90.2 Å². The van der Waals surface area contributed by atoms with Crippen LogP contribution in [0, 0.1) is 65.5 Å². The molecule has 5 heterocycles. The number of allylic oxidation sites excluding steroid dienone is 15. The second-order valence-corrected chi connectivity index (χ2v) is 38.3. The second-order valence-electron chi connectivity index (χ2n) is 36.5. The molecule has 0 bridgehead atoms. The highest BCUT2D eigenvalue weighted by molar-refractivity contribution is 7.88. The molecule has 0 saturated heterocycles. The molecule has 0 fully saturated rings. The topological polar surface area (TPSA) is 400 Å². The van der Waals surface area contributed by atoms with Crippen LogP contribution in [0.5, 0.6) is 11.5 Å². The van der Waals surface area contributed by atoms with Crippen molar-refractivity contribution in [3.05, 3.63) is 358 Å². The number of nitrogens with zero attached hydrogens (tertiary/aromatic N) is 6. The number of nitrogens with one attached hydrogen (secondary N) is 2. The Balaban J connectivity index is 0.000000224. The predicted octanol–water partition coefficient (Wildman–Crippen LogP) is 23.2. The highest BCUT2D eigenvalue weighted by Crippen LogP contribution is 2.32. The first-order chi connectivity index (χ1) is 69.9. The van der Waals surface area contributed by atoms with Crippen molar-refractivity contribution in [1.29, 1.82) is 0 Å². The van der Waals surface area contributed by atoms with E-state index in [4.69, 9.17) is 43.3 Å². The summed E-state index contributed by atoms with van der Waals surface area (Å²) >= 11 is 0. The summed E-state index contributed by atoms with van der Waals surface area (Å²) in [6, 6.07) is 34.2. The zero-order chi connectivity index (χ0) is 106. The molecule has 5 N–H and O–H groups in total. The van der Waals surface area contributed by atoms with Crippen molar-refractivity contribution in [2.45, 2.75) is 262 Å². The van der Waals surface area contributed by atoms with Crippen LogP contribution in [0.15, 0.2) is 262 Å². The van der Waals surface area contributed by atoms with E-state index in [1.807, 2.05) is 235 Å². The Kier molecular flexibility index (Phi) is 48.8. The number of sulfonamides is 1. The van der Waals surface area contributed by atoms with E-state index in [0.29, 0.717) is 109 Å². The van der Waals surface area contributed by atoms with Crippen LogP contribution in [-0.4, -0.2) is 143 Å². The lowest BCUT2D eigenvalue weighted by atomic mass is 9.95. The van der Waals surface area contributed by atoms with Gasteiger partial charge in [-0.15, -0.1) is 0 Å². The number of carboxylic acid groups (broad SMARTS) is 1. The first kappa shape index (κ1) is 116. The molecule has 0 saturated carbocycles. The van der Waals surface area contributed by atoms with Gasteiger partial charge < -0.3 is 58.9 Å². The standard InChI is InChI=1S/C27H30N2O5.C25H27NO5.C22H27NO5.C21H28N2O4S.C21H28N2O2/c1-19-15-20(2)26-23(16-19)17-24(10-8-6-4-5-7-9-21(3)34-27(26)30)28-33-18-22-11-13-25(14-12-22)29(31)32;1-18-10-6-3-2-4-9-13-21(26-30-17-19-11-7-5-8-12-19)14-20-15-22(27)16-23(28)24(20)25(29)31-18;1-15-11-16(2)21-18(12-15)13-19(23-27-14-20(24)25)10-8-6-4-5-7-9-17(3)28-22(21)26;1-15-12-16(2)20-18(13-15)14-19(22-23-28(4,25)26)11-9-7-5-6-8-10-17(3)27-21(20)24;1-15-12-16(2)20-18(13-15)14-19(23-22-4)11-9-7-5-6-8-10-17(3)25-21(20)24/h5,7-8,10-16,21H,4,6,9,17-18H2,1-3H3;3,5-9,11-13,15-16,18,27-28H,2,4,10,14,17H2,1H3;5,7-8,10-12,17H,4,6,9,13-14H2,1-3H3,(H,24,25);6,8-9,11-13,17,23H,5,7,10,14H2,1-4H3;6,8-9,11-13,17,22H,5,7,10,14H2,1-4H3/b7-5+,10-8+,28-24?;6-3+,13-9+,26-21?;7-5+,10-8+,23-19?;8-6+,11-9+,22-19?;8-6+,11-9+,23-19?. The molecule has 146 heavy (non-hydrogen) atoms. The monoisotopic (exact) mass is 2010 g/mol. The van der Waals surface area contributed by atoms with Gasteiger partial charge in [-0.2, -0.15) is 10.2 Å². The van der Waals surface area contributed by atoms with Crippen LogP contribution in [0.3, 0.4) is 0 Å². The number of hydrogen-bond acceptors (Lipinski definition) is 26. The van der Waals surface area contributed by atoms with E-state index in [9.17, 15) is 57.5 Å². The first-order valence-electron chi connectivity index (χ1n) is 49.3. The van der Waals surface area contributed by atoms with Gasteiger partial charge in [-0.3, -0.25) is 10.1 Å². The van der Waals surface area contributed by atoms with Crippen LogP contribution in [0.2, 0.25) is 0 Å². The van der Waals surface area contributed by atoms with Crippen molar-refractivity contribution >= 4 is 80.1 Å². The SMILES string of the molecule is CC1C/C=C/CC/C=C/C(=NOCc2ccccc2)Cc2cc(O)cc(O)c2C(=O)O1.CNN=C1/C=C/CC/C=C/CC(C)OC(=O)c2c(C)cc(C)cc2C1.Cc1cc(C)c2c(c1)CC(=NNS(C)(=O)=O)/C=C/CC/C=C/CC(C)OC2=O.Cc1cc(C)c2c(c1)CC(=NOCC(=O)O)/C=C/CC/C=C/CC(C)OC2=O.Cc1cc(C)c2c(c1)CC(=NOCc1ccc([N+](=O)[O-])cc1)/C=C/CC/C=C/CC(C)OC2=O. The van der Waals surface area contributed by atoms with Gasteiger partial charge in [0.1, 0.15) is 60.8 Å². The highest BCUT2D eigenvalue weighted by atomic mass is 32.2. The maximum absolute atomic E-state index is 13.0. The number of nitro benzene ring substituents is 1. The summed E-state index contributed by atoms with van der Waals surface area (Å²) in [7, 11) is -1.69. The number of ether oxygens (including phenoxy) is 5. The van der Waals surface area contributed by atoms with Gasteiger partial charge in [0.25, 0.3) is 5.69 Å². The molecule has 5 aliphatic rings. The fraction of sp³-hybridized carbons (Fsp3) is 0.371. The number of aromatic hydroxyl groups is 2. The molecule has 0 aromatic heterocycles. The molecule has 30 heteroatoms. The Morgan fingerprint density at radius 1 is 0.390 bits per heavy atom. The van der Waals surface area contributed by atoms with Gasteiger partial charge >= 0.3 is 35.8 Å². The molecule has 5 aliphatic heterocycles. The summed E-state index contributed by atoms with van der Waals surface area (Å²) in [4.78, 5) is 103. The number of esters is 5. The van der Waals surface area contributed by atoms with E-state index >= 15 is 0 Å². The number of aryl methyl sites for hydroxylation is 8. The van der Waals surface area contributed by atoms with Crippen molar-refractivity contribution in [2.24, 2.45) is 25.7 Å². The predicted molar refractivity (Wildman–Crippen MR) is 574 cm³/mol. The van der Waals surface area contributed by atoms with Gasteiger partial charge in [-0.25, -0.2) is 42.0 Å². The number of non-ortho nitro benzene ring substituents is 1. The fourth-order valence-electron chi connectivity index (χ4n) is 16.3. The number of phenolic OH excluding ortho intramolecular Hbond substituents is 2. The van der Waals surface area contributed by atoms with Crippen LogP contribution in [0.1, 0.15) is 266 Å². The number of oxime groups is 3. The lowest BCUT2D eigenvalue weighted by Crippen LogP contribution is -2.20. The third-order valence-electron chi connectivity index (χ3n) is 22.9. The zero-order valence-electron chi connectivity index (χ0n) is 86.4. The van der Waals surface area contributed by atoms with Crippen LogP contribution in [-0.2, 0) is 98.3 Å². The summed E-state index contributed by atoms with van der Waals surface area (Å²) in [5.41, 5.74) is 21.6. The number of nitro groups is 1. The molecule has 29 nitrogen and oxygen atoms in total. The molecule has 5 atom stereocenters. The molecule has 0 amide bonds. The minimum atomic E-state index is -3.47. The number of hydrogen-bond donors (Lipinski definition) is 5. The number of hydrazone groups is 2. The van der Waals surface area contributed by atoms with Crippen molar-refractivity contribution in [2.75, 3.05) is 19.9 Å². The van der Waals surface area contributed by atoms with Gasteiger partial charge in [0.2, 0.25) is 16.6 Å². The van der Waals surface area contributed by atoms with Crippen LogP contribution in [0.4, 0.5) is 5.69 Å². The Labute approximate surface area is 858 Å². The molecule has 0 aliphatic carbocycles. The van der Waals surface area contributed by atoms with E-state index in [0.717, 1.165) is 167 Å². The Hall–Kier alpha value is -14.9. The molecule has 7 aromatic rings.